The van der Waals surface area contributed by atoms with Gasteiger partial charge in [0.25, 0.3) is 0 Å². The molecule has 1 nitrogen and oxygen atoms in total. The zero-order chi connectivity index (χ0) is 6.62. The fraction of sp³-hybridized carbons (Fsp3) is 0.800. The summed E-state index contributed by atoms with van der Waals surface area (Å²) in [6.07, 6.45) is 1.03. The van der Waals surface area contributed by atoms with Crippen LogP contribution in [0.4, 0.5) is 0 Å². The summed E-state index contributed by atoms with van der Waals surface area (Å²) >= 11 is 0. The van der Waals surface area contributed by atoms with Crippen molar-refractivity contribution in [3.63, 3.8) is 0 Å². The van der Waals surface area contributed by atoms with Gasteiger partial charge in [0.2, 0.25) is 0 Å². The van der Waals surface area contributed by atoms with E-state index >= 15 is 0 Å². The first kappa shape index (κ1) is 8.39. The van der Waals surface area contributed by atoms with Gasteiger partial charge in [0.1, 0.15) is 10.5 Å². The highest BCUT2D eigenvalue weighted by molar-refractivity contribution is 6.73. The SMILES string of the molecule is [CH2]CC[Si](C)(C)O[SiH3]. The predicted molar refractivity (Wildman–Crippen MR) is 43.3 cm³/mol. The topological polar surface area (TPSA) is 9.23 Å². The Labute approximate surface area is 56.1 Å². The fourth-order valence-corrected chi connectivity index (χ4v) is 2.20. The van der Waals surface area contributed by atoms with Gasteiger partial charge in [-0.15, -0.1) is 0 Å². The number of hydrogen-bond acceptors (Lipinski definition) is 1. The van der Waals surface area contributed by atoms with Crippen molar-refractivity contribution in [3.05, 3.63) is 6.92 Å². The molecule has 0 rings (SSSR count). The van der Waals surface area contributed by atoms with Crippen LogP contribution >= 0.6 is 0 Å². The molecule has 0 fully saturated rings. The van der Waals surface area contributed by atoms with Crippen molar-refractivity contribution < 1.29 is 4.12 Å². The van der Waals surface area contributed by atoms with E-state index in [0.29, 0.717) is 0 Å². The molecule has 0 atom stereocenters. The van der Waals surface area contributed by atoms with Crippen LogP contribution in [-0.2, 0) is 4.12 Å². The second-order valence-electron chi connectivity index (χ2n) is 2.57. The molecule has 0 saturated carbocycles. The van der Waals surface area contributed by atoms with Gasteiger partial charge in [0.05, 0.1) is 0 Å². The van der Waals surface area contributed by atoms with Crippen LogP contribution in [0.3, 0.4) is 0 Å². The Hall–Kier alpha value is 0.394. The number of rotatable bonds is 3. The van der Waals surface area contributed by atoms with Crippen molar-refractivity contribution in [1.82, 2.24) is 0 Å². The highest BCUT2D eigenvalue weighted by atomic mass is 28.4. The van der Waals surface area contributed by atoms with Crippen LogP contribution < -0.4 is 0 Å². The summed E-state index contributed by atoms with van der Waals surface area (Å²) in [4.78, 5) is 0. The van der Waals surface area contributed by atoms with Gasteiger partial charge in [-0.3, -0.25) is 0 Å². The second-order valence-corrected chi connectivity index (χ2v) is 8.22. The molecule has 0 bridgehead atoms. The van der Waals surface area contributed by atoms with E-state index in [1.807, 2.05) is 0 Å². The van der Waals surface area contributed by atoms with Gasteiger partial charge < -0.3 is 4.12 Å². The molecule has 0 aliphatic heterocycles. The van der Waals surface area contributed by atoms with Crippen molar-refractivity contribution in [2.75, 3.05) is 0 Å². The van der Waals surface area contributed by atoms with Crippen molar-refractivity contribution in [1.29, 1.82) is 0 Å². The fourth-order valence-electron chi connectivity index (χ4n) is 0.528. The predicted octanol–water partition coefficient (Wildman–Crippen LogP) is 0.713. The Morgan fingerprint density at radius 2 is 2.12 bits per heavy atom. The Morgan fingerprint density at radius 3 is 2.25 bits per heavy atom. The molecule has 3 heteroatoms. The van der Waals surface area contributed by atoms with E-state index in [2.05, 4.69) is 20.0 Å². The summed E-state index contributed by atoms with van der Waals surface area (Å²) in [5.41, 5.74) is 0. The summed E-state index contributed by atoms with van der Waals surface area (Å²) in [6, 6.07) is 1.20. The summed E-state index contributed by atoms with van der Waals surface area (Å²) in [7, 11) is -0.283. The third-order valence-electron chi connectivity index (χ3n) is 1.33. The standard InChI is InChI=1S/C5H15OSi2/c1-4-5-8(2,3)6-7/h1,4-5H2,2-3,7H3. The zero-order valence-electron chi connectivity index (χ0n) is 6.03. The average Bonchev–Trinajstić information content (AvgIpc) is 1.67. The van der Waals surface area contributed by atoms with E-state index in [1.54, 1.807) is 0 Å². The molecule has 1 radical (unpaired) electrons. The normalized spacial score (nSPS) is 12.4. The van der Waals surface area contributed by atoms with E-state index in [-0.39, 0.29) is 0 Å². The van der Waals surface area contributed by atoms with E-state index in [1.165, 1.54) is 6.04 Å². The summed E-state index contributed by atoms with van der Waals surface area (Å²) in [5.74, 6) is 0. The molecule has 0 spiro atoms. The quantitative estimate of drug-likeness (QED) is 0.534. The Balaban J connectivity index is 3.37. The summed E-state index contributed by atoms with van der Waals surface area (Å²) in [6.45, 7) is 8.27. The first-order valence-electron chi connectivity index (χ1n) is 2.97. The molecule has 0 aromatic rings. The molecular weight excluding hydrogens is 132 g/mol. The molecule has 0 aromatic heterocycles. The highest BCUT2D eigenvalue weighted by Gasteiger charge is 2.16. The number of hydrogen-bond donors (Lipinski definition) is 0. The van der Waals surface area contributed by atoms with Gasteiger partial charge in [0, 0.05) is 0 Å². The monoisotopic (exact) mass is 147 g/mol. The van der Waals surface area contributed by atoms with Gasteiger partial charge in [0.15, 0.2) is 8.32 Å². The van der Waals surface area contributed by atoms with Crippen LogP contribution in [0.25, 0.3) is 0 Å². The first-order chi connectivity index (χ1) is 3.62. The van der Waals surface area contributed by atoms with Crippen molar-refractivity contribution in [3.8, 4) is 0 Å². The van der Waals surface area contributed by atoms with Gasteiger partial charge in [-0.1, -0.05) is 13.3 Å². The molecule has 8 heavy (non-hydrogen) atoms. The minimum Gasteiger partial charge on any atom is -0.463 e. The molecule has 0 unspecified atom stereocenters. The molecule has 0 amide bonds. The Morgan fingerprint density at radius 1 is 1.62 bits per heavy atom. The van der Waals surface area contributed by atoms with Crippen LogP contribution in [0.15, 0.2) is 0 Å². The maximum Gasteiger partial charge on any atom is 0.172 e. The van der Waals surface area contributed by atoms with Crippen molar-refractivity contribution in [2.24, 2.45) is 0 Å². The molecule has 0 saturated heterocycles. The van der Waals surface area contributed by atoms with E-state index in [9.17, 15) is 0 Å². The molecular formula is C5H15OSi2. The molecule has 0 N–H and O–H groups in total. The maximum absolute atomic E-state index is 5.42. The minimum absolute atomic E-state index is 0.896. The third-order valence-corrected chi connectivity index (χ3v) is 7.31. The highest BCUT2D eigenvalue weighted by Crippen LogP contribution is 2.10. The van der Waals surface area contributed by atoms with Crippen LogP contribution in [0.2, 0.25) is 19.1 Å². The molecule has 0 aromatic carbocycles. The lowest BCUT2D eigenvalue weighted by Gasteiger charge is -2.18. The Kier molecular flexibility index (Phi) is 3.59. The van der Waals surface area contributed by atoms with Gasteiger partial charge in [-0.25, -0.2) is 0 Å². The van der Waals surface area contributed by atoms with Crippen LogP contribution in [-0.4, -0.2) is 18.8 Å². The average molecular weight is 147 g/mol. The van der Waals surface area contributed by atoms with Crippen LogP contribution in [0.5, 0.6) is 0 Å². The smallest absolute Gasteiger partial charge is 0.172 e. The van der Waals surface area contributed by atoms with Gasteiger partial charge in [-0.2, -0.15) is 0 Å². The maximum atomic E-state index is 5.42. The molecule has 0 aliphatic rings. The summed E-state index contributed by atoms with van der Waals surface area (Å²) < 4.78 is 5.42. The van der Waals surface area contributed by atoms with Crippen LogP contribution in [0, 0.1) is 6.92 Å². The lowest BCUT2D eigenvalue weighted by atomic mass is 10.6. The third kappa shape index (κ3) is 3.40. The lowest BCUT2D eigenvalue weighted by molar-refractivity contribution is 0.605. The molecule has 0 heterocycles. The lowest BCUT2D eigenvalue weighted by Crippen LogP contribution is -2.28. The molecule has 49 valence electrons. The summed E-state index contributed by atoms with van der Waals surface area (Å²) in [5, 5.41) is 0. The van der Waals surface area contributed by atoms with E-state index < -0.39 is 8.32 Å². The largest absolute Gasteiger partial charge is 0.463 e. The van der Waals surface area contributed by atoms with Crippen LogP contribution in [0.1, 0.15) is 6.42 Å². The molecule has 0 aliphatic carbocycles. The van der Waals surface area contributed by atoms with E-state index in [0.717, 1.165) is 16.9 Å². The van der Waals surface area contributed by atoms with Gasteiger partial charge >= 0.3 is 0 Å². The van der Waals surface area contributed by atoms with E-state index in [4.69, 9.17) is 4.12 Å². The van der Waals surface area contributed by atoms with Crippen molar-refractivity contribution in [2.45, 2.75) is 25.6 Å². The minimum atomic E-state index is -1.18. The first-order valence-corrected chi connectivity index (χ1v) is 6.90. The zero-order valence-corrected chi connectivity index (χ0v) is 9.03. The van der Waals surface area contributed by atoms with Crippen molar-refractivity contribution >= 4 is 18.8 Å². The Bertz CT molecular complexity index is 63.4. The second kappa shape index (κ2) is 3.43. The van der Waals surface area contributed by atoms with Gasteiger partial charge in [-0.05, 0) is 19.1 Å².